The second-order valence-corrected chi connectivity index (χ2v) is 6.12. The van der Waals surface area contributed by atoms with Gasteiger partial charge < -0.3 is 14.6 Å². The molecule has 0 spiro atoms. The van der Waals surface area contributed by atoms with Crippen LogP contribution in [0.5, 0.6) is 0 Å². The predicted octanol–water partition coefficient (Wildman–Crippen LogP) is 2.32. The molecule has 1 aliphatic rings. The van der Waals surface area contributed by atoms with Crippen LogP contribution in [0.25, 0.3) is 6.08 Å². The Bertz CT molecular complexity index is 470. The number of hydrogen-bond acceptors (Lipinski definition) is 4. The lowest BCUT2D eigenvalue weighted by Crippen LogP contribution is -2.41. The Morgan fingerprint density at radius 3 is 2.45 bits per heavy atom. The number of rotatable bonds is 4. The second-order valence-electron chi connectivity index (χ2n) is 6.12. The fourth-order valence-corrected chi connectivity index (χ4v) is 2.08. The van der Waals surface area contributed by atoms with Crippen LogP contribution in [0.1, 0.15) is 33.3 Å². The average molecular weight is 274 g/mol. The van der Waals surface area contributed by atoms with Gasteiger partial charge in [-0.25, -0.2) is 0 Å². The highest BCUT2D eigenvalue weighted by molar-refractivity contribution is 6.55. The van der Waals surface area contributed by atoms with E-state index in [1.54, 1.807) is 6.20 Å². The van der Waals surface area contributed by atoms with Crippen LogP contribution in [0.3, 0.4) is 0 Å². The summed E-state index contributed by atoms with van der Waals surface area (Å²) >= 11 is 0. The van der Waals surface area contributed by atoms with Crippen molar-refractivity contribution in [3.63, 3.8) is 0 Å². The van der Waals surface area contributed by atoms with E-state index < -0.39 is 0 Å². The third-order valence-electron chi connectivity index (χ3n) is 3.97. The molecule has 5 heteroatoms. The first-order valence-corrected chi connectivity index (χ1v) is 6.96. The standard InChI is InChI=1S/C15H23BN2O2/c1-14(2)15(3,4)20-16(19-14)13(11-17-5)9-12-7-6-8-18-10-12/h6-10,17H,11H2,1-5H3. The lowest BCUT2D eigenvalue weighted by molar-refractivity contribution is 0.00578. The molecule has 0 unspecified atom stereocenters. The molecule has 1 fully saturated rings. The molecule has 1 saturated heterocycles. The number of nitrogens with zero attached hydrogens (tertiary/aromatic N) is 1. The molecule has 1 aromatic rings. The Hall–Kier alpha value is -1.17. The van der Waals surface area contributed by atoms with Crippen LogP contribution < -0.4 is 5.32 Å². The summed E-state index contributed by atoms with van der Waals surface area (Å²) in [6, 6.07) is 3.95. The van der Waals surface area contributed by atoms with Crippen molar-refractivity contribution in [1.29, 1.82) is 0 Å². The Labute approximate surface area is 121 Å². The molecule has 1 aromatic heterocycles. The van der Waals surface area contributed by atoms with Crippen molar-refractivity contribution >= 4 is 13.2 Å². The molecule has 0 aromatic carbocycles. The Kier molecular flexibility index (Phi) is 4.32. The summed E-state index contributed by atoms with van der Waals surface area (Å²) in [6.45, 7) is 8.97. The molecule has 108 valence electrons. The summed E-state index contributed by atoms with van der Waals surface area (Å²) in [7, 11) is 1.59. The zero-order chi connectivity index (χ0) is 14.8. The molecule has 2 heterocycles. The van der Waals surface area contributed by atoms with Crippen molar-refractivity contribution in [2.24, 2.45) is 0 Å². The van der Waals surface area contributed by atoms with Crippen molar-refractivity contribution < 1.29 is 9.31 Å². The second kappa shape index (κ2) is 5.68. The molecule has 1 aliphatic heterocycles. The molecule has 1 N–H and O–H groups in total. The summed E-state index contributed by atoms with van der Waals surface area (Å²) in [6.07, 6.45) is 5.68. The minimum absolute atomic E-state index is 0.320. The van der Waals surface area contributed by atoms with Gasteiger partial charge in [0.1, 0.15) is 0 Å². The maximum atomic E-state index is 6.10. The van der Waals surface area contributed by atoms with E-state index in [2.05, 4.69) is 44.1 Å². The van der Waals surface area contributed by atoms with Gasteiger partial charge in [-0.2, -0.15) is 0 Å². The van der Waals surface area contributed by atoms with E-state index >= 15 is 0 Å². The summed E-state index contributed by atoms with van der Waals surface area (Å²) in [5.41, 5.74) is 1.48. The van der Waals surface area contributed by atoms with Gasteiger partial charge in [-0.05, 0) is 51.8 Å². The molecule has 4 nitrogen and oxygen atoms in total. The summed E-state index contributed by atoms with van der Waals surface area (Å²) < 4.78 is 12.2. The number of pyridine rings is 1. The zero-order valence-corrected chi connectivity index (χ0v) is 12.9. The molecule has 0 amide bonds. The minimum atomic E-state index is -0.326. The average Bonchev–Trinajstić information content (AvgIpc) is 2.59. The quantitative estimate of drug-likeness (QED) is 0.856. The van der Waals surface area contributed by atoms with E-state index in [-0.39, 0.29) is 18.3 Å². The zero-order valence-electron chi connectivity index (χ0n) is 12.9. The first-order chi connectivity index (χ1) is 9.36. The van der Waals surface area contributed by atoms with Crippen LogP contribution >= 0.6 is 0 Å². The maximum Gasteiger partial charge on any atom is 0.491 e. The highest BCUT2D eigenvalue weighted by Gasteiger charge is 2.52. The molecule has 2 rings (SSSR count). The molecular weight excluding hydrogens is 251 g/mol. The predicted molar refractivity (Wildman–Crippen MR) is 82.2 cm³/mol. The third kappa shape index (κ3) is 3.11. The normalized spacial score (nSPS) is 21.2. The van der Waals surface area contributed by atoms with E-state index in [4.69, 9.17) is 9.31 Å². The first kappa shape index (κ1) is 15.2. The van der Waals surface area contributed by atoms with E-state index in [0.717, 1.165) is 11.0 Å². The van der Waals surface area contributed by atoms with Crippen molar-refractivity contribution in [2.75, 3.05) is 13.6 Å². The van der Waals surface area contributed by atoms with E-state index in [9.17, 15) is 0 Å². The fraction of sp³-hybridized carbons (Fsp3) is 0.533. The summed E-state index contributed by atoms with van der Waals surface area (Å²) in [4.78, 5) is 4.14. The Morgan fingerprint density at radius 2 is 1.95 bits per heavy atom. The molecule has 0 saturated carbocycles. The van der Waals surface area contributed by atoms with Crippen molar-refractivity contribution in [2.45, 2.75) is 38.9 Å². The number of nitrogens with one attached hydrogen (secondary N) is 1. The van der Waals surface area contributed by atoms with Crippen molar-refractivity contribution in [3.05, 3.63) is 35.6 Å². The van der Waals surface area contributed by atoms with Gasteiger partial charge in [0.2, 0.25) is 0 Å². The molecule has 20 heavy (non-hydrogen) atoms. The lowest BCUT2D eigenvalue weighted by Gasteiger charge is -2.32. The van der Waals surface area contributed by atoms with Crippen LogP contribution in [0.4, 0.5) is 0 Å². The van der Waals surface area contributed by atoms with E-state index in [1.807, 2.05) is 25.4 Å². The fourth-order valence-electron chi connectivity index (χ4n) is 2.08. The van der Waals surface area contributed by atoms with Gasteiger partial charge in [-0.3, -0.25) is 4.98 Å². The molecule has 0 atom stereocenters. The third-order valence-corrected chi connectivity index (χ3v) is 3.97. The van der Waals surface area contributed by atoms with Crippen LogP contribution in [0, 0.1) is 0 Å². The summed E-state index contributed by atoms with van der Waals surface area (Å²) in [5, 5.41) is 3.17. The van der Waals surface area contributed by atoms with Gasteiger partial charge in [-0.15, -0.1) is 0 Å². The van der Waals surface area contributed by atoms with Crippen LogP contribution in [0.15, 0.2) is 30.0 Å². The minimum Gasteiger partial charge on any atom is -0.400 e. The van der Waals surface area contributed by atoms with Crippen LogP contribution in [-0.4, -0.2) is 36.9 Å². The Morgan fingerprint density at radius 1 is 1.30 bits per heavy atom. The molecule has 0 aliphatic carbocycles. The van der Waals surface area contributed by atoms with Gasteiger partial charge in [-0.1, -0.05) is 12.1 Å². The smallest absolute Gasteiger partial charge is 0.400 e. The van der Waals surface area contributed by atoms with Gasteiger partial charge in [0.05, 0.1) is 11.2 Å². The molecule has 0 radical (unpaired) electrons. The largest absolute Gasteiger partial charge is 0.491 e. The molecular formula is C15H23BN2O2. The van der Waals surface area contributed by atoms with Gasteiger partial charge in [0.15, 0.2) is 0 Å². The number of aromatic nitrogens is 1. The van der Waals surface area contributed by atoms with Gasteiger partial charge in [0, 0.05) is 18.9 Å². The highest BCUT2D eigenvalue weighted by Crippen LogP contribution is 2.38. The van der Waals surface area contributed by atoms with Crippen LogP contribution in [-0.2, 0) is 9.31 Å². The van der Waals surface area contributed by atoms with Gasteiger partial charge >= 0.3 is 7.12 Å². The maximum absolute atomic E-state index is 6.10. The topological polar surface area (TPSA) is 43.4 Å². The lowest BCUT2D eigenvalue weighted by atomic mass is 9.77. The monoisotopic (exact) mass is 274 g/mol. The summed E-state index contributed by atoms with van der Waals surface area (Å²) in [5.74, 6) is 0. The first-order valence-electron chi connectivity index (χ1n) is 6.96. The SMILES string of the molecule is CNCC(=Cc1cccnc1)B1OC(C)(C)C(C)(C)O1. The van der Waals surface area contributed by atoms with Crippen LogP contribution in [0.2, 0.25) is 0 Å². The van der Waals surface area contributed by atoms with E-state index in [1.165, 1.54) is 0 Å². The number of hydrogen-bond donors (Lipinski definition) is 1. The Balaban J connectivity index is 2.25. The van der Waals surface area contributed by atoms with Crippen molar-refractivity contribution in [1.82, 2.24) is 10.3 Å². The molecule has 0 bridgehead atoms. The number of likely N-dealkylation sites (N-methyl/N-ethyl adjacent to an activating group) is 1. The van der Waals surface area contributed by atoms with E-state index in [0.29, 0.717) is 6.54 Å². The van der Waals surface area contributed by atoms with Gasteiger partial charge in [0.25, 0.3) is 0 Å². The van der Waals surface area contributed by atoms with Crippen molar-refractivity contribution in [3.8, 4) is 0 Å². The highest BCUT2D eigenvalue weighted by atomic mass is 16.7.